The molecule has 0 aliphatic rings. The van der Waals surface area contributed by atoms with E-state index >= 15 is 0 Å². The summed E-state index contributed by atoms with van der Waals surface area (Å²) in [4.78, 5) is 23.0. The Kier molecular flexibility index (Phi) is 5.29. The van der Waals surface area contributed by atoms with Gasteiger partial charge in [0.2, 0.25) is 0 Å². The highest BCUT2D eigenvalue weighted by molar-refractivity contribution is 5.95. The van der Waals surface area contributed by atoms with Crippen molar-refractivity contribution in [1.29, 1.82) is 0 Å². The highest BCUT2D eigenvalue weighted by atomic mass is 19.1. The topological polar surface area (TPSA) is 61.8 Å². The maximum atomic E-state index is 13.5. The van der Waals surface area contributed by atoms with Gasteiger partial charge in [-0.1, -0.05) is 6.07 Å². The van der Waals surface area contributed by atoms with Crippen molar-refractivity contribution in [3.8, 4) is 5.75 Å². The van der Waals surface area contributed by atoms with E-state index in [1.807, 2.05) is 0 Å². The summed E-state index contributed by atoms with van der Waals surface area (Å²) >= 11 is 0. The fourth-order valence-corrected chi connectivity index (χ4v) is 1.62. The molecule has 0 spiro atoms. The summed E-state index contributed by atoms with van der Waals surface area (Å²) in [5.74, 6) is -3.01. The largest absolute Gasteiger partial charge is 0.494 e. The van der Waals surface area contributed by atoms with Crippen molar-refractivity contribution >= 4 is 11.9 Å². The summed E-state index contributed by atoms with van der Waals surface area (Å²) in [5.41, 5.74) is 0.471. The summed E-state index contributed by atoms with van der Waals surface area (Å²) in [7, 11) is 3.70. The van der Waals surface area contributed by atoms with Crippen LogP contribution in [0.4, 0.5) is 4.39 Å². The van der Waals surface area contributed by atoms with Crippen molar-refractivity contribution in [3.63, 3.8) is 0 Å². The number of rotatable bonds is 5. The zero-order valence-corrected chi connectivity index (χ0v) is 10.9. The lowest BCUT2D eigenvalue weighted by atomic mass is 9.99. The van der Waals surface area contributed by atoms with Crippen LogP contribution in [0.25, 0.3) is 0 Å². The molecule has 0 saturated heterocycles. The quantitative estimate of drug-likeness (QED) is 0.597. The van der Waals surface area contributed by atoms with Gasteiger partial charge in [-0.15, -0.1) is 0 Å². The first-order valence-corrected chi connectivity index (χ1v) is 5.51. The minimum absolute atomic E-state index is 0.000259. The van der Waals surface area contributed by atoms with Gasteiger partial charge in [0.05, 0.1) is 21.3 Å². The van der Waals surface area contributed by atoms with Gasteiger partial charge in [0.25, 0.3) is 0 Å². The lowest BCUT2D eigenvalue weighted by Gasteiger charge is -2.12. The molecule has 104 valence electrons. The Morgan fingerprint density at radius 1 is 1.16 bits per heavy atom. The van der Waals surface area contributed by atoms with Gasteiger partial charge in [-0.2, -0.15) is 0 Å². The third-order valence-electron chi connectivity index (χ3n) is 2.63. The molecule has 6 heteroatoms. The van der Waals surface area contributed by atoms with Crippen molar-refractivity contribution in [2.45, 2.75) is 6.42 Å². The number of methoxy groups -OCH3 is 3. The second-order valence-corrected chi connectivity index (χ2v) is 3.77. The SMILES string of the molecule is COC(=O)C(Cc1ccc(OC)c(F)c1)C(=O)OC. The molecule has 1 aromatic rings. The third kappa shape index (κ3) is 3.67. The number of esters is 2. The highest BCUT2D eigenvalue weighted by Gasteiger charge is 2.29. The van der Waals surface area contributed by atoms with Crippen LogP contribution in [0.3, 0.4) is 0 Å². The summed E-state index contributed by atoms with van der Waals surface area (Å²) in [6, 6.07) is 4.20. The van der Waals surface area contributed by atoms with Gasteiger partial charge in [-0.25, -0.2) is 4.39 Å². The first kappa shape index (κ1) is 14.9. The first-order chi connectivity index (χ1) is 9.03. The molecule has 0 radical (unpaired) electrons. The lowest BCUT2D eigenvalue weighted by Crippen LogP contribution is -2.28. The molecule has 0 unspecified atom stereocenters. The highest BCUT2D eigenvalue weighted by Crippen LogP contribution is 2.20. The van der Waals surface area contributed by atoms with Crippen molar-refractivity contribution in [1.82, 2.24) is 0 Å². The van der Waals surface area contributed by atoms with Crippen LogP contribution in [0, 0.1) is 11.7 Å². The van der Waals surface area contributed by atoms with Gasteiger partial charge in [0, 0.05) is 0 Å². The van der Waals surface area contributed by atoms with Crippen molar-refractivity contribution in [2.75, 3.05) is 21.3 Å². The summed E-state index contributed by atoms with van der Waals surface area (Å²) in [5, 5.41) is 0. The molecule has 19 heavy (non-hydrogen) atoms. The normalized spacial score (nSPS) is 10.2. The number of benzene rings is 1. The number of ether oxygens (including phenoxy) is 3. The van der Waals surface area contributed by atoms with E-state index in [4.69, 9.17) is 4.74 Å². The zero-order chi connectivity index (χ0) is 14.4. The smallest absolute Gasteiger partial charge is 0.320 e. The number of carbonyl (C=O) groups excluding carboxylic acids is 2. The minimum Gasteiger partial charge on any atom is -0.494 e. The summed E-state index contributed by atoms with van der Waals surface area (Å²) < 4.78 is 27.3. The zero-order valence-electron chi connectivity index (χ0n) is 10.9. The van der Waals surface area contributed by atoms with Crippen molar-refractivity contribution in [2.24, 2.45) is 5.92 Å². The number of hydrogen-bond donors (Lipinski definition) is 0. The molecule has 0 fully saturated rings. The van der Waals surface area contributed by atoms with Crippen LogP contribution in [0.2, 0.25) is 0 Å². The molecule has 0 saturated carbocycles. The Balaban J connectivity index is 2.93. The van der Waals surface area contributed by atoms with E-state index in [1.54, 1.807) is 6.07 Å². The second kappa shape index (κ2) is 6.72. The second-order valence-electron chi connectivity index (χ2n) is 3.77. The van der Waals surface area contributed by atoms with E-state index in [1.165, 1.54) is 33.5 Å². The maximum Gasteiger partial charge on any atom is 0.320 e. The van der Waals surface area contributed by atoms with E-state index < -0.39 is 23.7 Å². The van der Waals surface area contributed by atoms with Gasteiger partial charge in [-0.05, 0) is 24.1 Å². The Morgan fingerprint density at radius 2 is 1.74 bits per heavy atom. The van der Waals surface area contributed by atoms with E-state index in [9.17, 15) is 14.0 Å². The van der Waals surface area contributed by atoms with Crippen LogP contribution < -0.4 is 4.74 Å². The van der Waals surface area contributed by atoms with Crippen LogP contribution in [0.15, 0.2) is 18.2 Å². The molecule has 0 aromatic heterocycles. The fourth-order valence-electron chi connectivity index (χ4n) is 1.62. The van der Waals surface area contributed by atoms with Gasteiger partial charge in [0.1, 0.15) is 0 Å². The molecule has 1 rings (SSSR count). The predicted molar refractivity (Wildman–Crippen MR) is 64.2 cm³/mol. The molecule has 0 aliphatic heterocycles. The molecule has 1 aromatic carbocycles. The number of hydrogen-bond acceptors (Lipinski definition) is 5. The Bertz CT molecular complexity index is 456. The summed E-state index contributed by atoms with van der Waals surface area (Å²) in [6.07, 6.45) is 0.000259. The van der Waals surface area contributed by atoms with Gasteiger partial charge in [0.15, 0.2) is 17.5 Å². The number of carbonyl (C=O) groups is 2. The third-order valence-corrected chi connectivity index (χ3v) is 2.63. The van der Waals surface area contributed by atoms with Gasteiger partial charge >= 0.3 is 11.9 Å². The number of halogens is 1. The van der Waals surface area contributed by atoms with E-state index in [0.29, 0.717) is 5.56 Å². The molecule has 0 heterocycles. The Morgan fingerprint density at radius 3 is 2.16 bits per heavy atom. The molecule has 0 bridgehead atoms. The first-order valence-electron chi connectivity index (χ1n) is 5.51. The molecular weight excluding hydrogens is 255 g/mol. The Hall–Kier alpha value is -2.11. The standard InChI is InChI=1S/C13H15FO5/c1-17-11-5-4-8(7-10(11)14)6-9(12(15)18-2)13(16)19-3/h4-5,7,9H,6H2,1-3H3. The monoisotopic (exact) mass is 270 g/mol. The molecule has 0 N–H and O–H groups in total. The molecular formula is C13H15FO5. The average molecular weight is 270 g/mol. The minimum atomic E-state index is -1.11. The van der Waals surface area contributed by atoms with E-state index in [-0.39, 0.29) is 12.2 Å². The van der Waals surface area contributed by atoms with Crippen molar-refractivity contribution in [3.05, 3.63) is 29.6 Å². The van der Waals surface area contributed by atoms with Gasteiger partial charge < -0.3 is 14.2 Å². The van der Waals surface area contributed by atoms with Crippen LogP contribution in [0.5, 0.6) is 5.75 Å². The van der Waals surface area contributed by atoms with Crippen LogP contribution in [-0.2, 0) is 25.5 Å². The van der Waals surface area contributed by atoms with Crippen LogP contribution >= 0.6 is 0 Å². The van der Waals surface area contributed by atoms with Crippen molar-refractivity contribution < 1.29 is 28.2 Å². The average Bonchev–Trinajstić information content (AvgIpc) is 2.43. The molecule has 5 nitrogen and oxygen atoms in total. The van der Waals surface area contributed by atoms with E-state index in [0.717, 1.165) is 0 Å². The molecule has 0 atom stereocenters. The van der Waals surface area contributed by atoms with Crippen LogP contribution in [-0.4, -0.2) is 33.3 Å². The van der Waals surface area contributed by atoms with E-state index in [2.05, 4.69) is 9.47 Å². The predicted octanol–water partition coefficient (Wildman–Crippen LogP) is 1.34. The maximum absolute atomic E-state index is 13.5. The molecule has 0 amide bonds. The van der Waals surface area contributed by atoms with Crippen LogP contribution in [0.1, 0.15) is 5.56 Å². The molecule has 0 aliphatic carbocycles. The lowest BCUT2D eigenvalue weighted by molar-refractivity contribution is -0.158. The fraction of sp³-hybridized carbons (Fsp3) is 0.385. The Labute approximate surface area is 110 Å². The van der Waals surface area contributed by atoms with Gasteiger partial charge in [-0.3, -0.25) is 9.59 Å². The summed E-state index contributed by atoms with van der Waals surface area (Å²) in [6.45, 7) is 0.